The number of nitrogens with zero attached hydrogens (tertiary/aromatic N) is 2. The number of nitrogens with two attached hydrogens (primary N) is 1. The van der Waals surface area contributed by atoms with Crippen molar-refractivity contribution in [1.29, 1.82) is 0 Å². The van der Waals surface area contributed by atoms with Crippen LogP contribution in [-0.4, -0.2) is 27.1 Å². The topological polar surface area (TPSA) is 96.7 Å². The van der Waals surface area contributed by atoms with Crippen LogP contribution >= 0.6 is 0 Å². The van der Waals surface area contributed by atoms with E-state index in [1.165, 1.54) is 0 Å². The van der Waals surface area contributed by atoms with Gasteiger partial charge in [-0.3, -0.25) is 9.89 Å². The molecule has 6 heteroatoms. The molecule has 0 atom stereocenters. The lowest BCUT2D eigenvalue weighted by Crippen LogP contribution is -2.26. The Morgan fingerprint density at radius 3 is 2.92 bits per heavy atom. The number of anilines is 1. The molecule has 0 spiro atoms. The number of rotatable bonds is 2. The van der Waals surface area contributed by atoms with Crippen molar-refractivity contribution in [1.82, 2.24) is 20.5 Å². The van der Waals surface area contributed by atoms with Crippen LogP contribution in [0.25, 0.3) is 0 Å². The first kappa shape index (κ1) is 7.08. The molecule has 4 N–H and O–H groups in total. The monoisotopic (exact) mass is 167 g/mol. The number of hydrogen-bond acceptors (Lipinski definition) is 4. The Morgan fingerprint density at radius 1 is 1.67 bits per heavy atom. The van der Waals surface area contributed by atoms with Crippen molar-refractivity contribution >= 4 is 11.9 Å². The van der Waals surface area contributed by atoms with Crippen molar-refractivity contribution in [2.75, 3.05) is 5.73 Å². The number of amides is 1. The van der Waals surface area contributed by atoms with Gasteiger partial charge in [-0.2, -0.15) is 4.98 Å². The summed E-state index contributed by atoms with van der Waals surface area (Å²) in [5.74, 6) is 0.0389. The fourth-order valence-corrected chi connectivity index (χ4v) is 0.858. The van der Waals surface area contributed by atoms with Crippen LogP contribution in [0.4, 0.5) is 5.95 Å². The van der Waals surface area contributed by atoms with Gasteiger partial charge in [0, 0.05) is 6.04 Å². The van der Waals surface area contributed by atoms with E-state index in [1.54, 1.807) is 0 Å². The molecule has 1 amide bonds. The Labute approximate surface area is 68.6 Å². The average molecular weight is 167 g/mol. The normalized spacial score (nSPS) is 16.0. The molecular formula is C6H9N5O. The highest BCUT2D eigenvalue weighted by Gasteiger charge is 2.24. The number of nitrogens with one attached hydrogen (secondary N) is 2. The van der Waals surface area contributed by atoms with Gasteiger partial charge in [0.15, 0.2) is 0 Å². The fraction of sp³-hybridized carbons (Fsp3) is 0.500. The minimum atomic E-state index is -0.235. The number of hydrogen-bond donors (Lipinski definition) is 3. The molecule has 0 unspecified atom stereocenters. The third-order valence-electron chi connectivity index (χ3n) is 1.63. The highest BCUT2D eigenvalue weighted by molar-refractivity contribution is 5.90. The van der Waals surface area contributed by atoms with Crippen LogP contribution in [0.2, 0.25) is 0 Å². The quantitative estimate of drug-likeness (QED) is 0.541. The van der Waals surface area contributed by atoms with Gasteiger partial charge in [-0.15, -0.1) is 5.10 Å². The maximum atomic E-state index is 11.2. The van der Waals surface area contributed by atoms with Gasteiger partial charge in [-0.05, 0) is 12.8 Å². The molecule has 12 heavy (non-hydrogen) atoms. The maximum absolute atomic E-state index is 11.2. The summed E-state index contributed by atoms with van der Waals surface area (Å²) in [5, 5.41) is 8.74. The second kappa shape index (κ2) is 2.47. The summed E-state index contributed by atoms with van der Waals surface area (Å²) in [6, 6.07) is 0.323. The van der Waals surface area contributed by atoms with Crippen molar-refractivity contribution in [3.63, 3.8) is 0 Å². The number of carbonyl (C=O) groups is 1. The molecule has 6 nitrogen and oxygen atoms in total. The Hall–Kier alpha value is -1.59. The molecule has 0 bridgehead atoms. The lowest BCUT2D eigenvalue weighted by Gasteiger charge is -1.96. The van der Waals surface area contributed by atoms with Gasteiger partial charge in [0.05, 0.1) is 0 Å². The predicted molar refractivity (Wildman–Crippen MR) is 41.3 cm³/mol. The Bertz CT molecular complexity index is 303. The van der Waals surface area contributed by atoms with Crippen molar-refractivity contribution in [2.24, 2.45) is 0 Å². The lowest BCUT2D eigenvalue weighted by atomic mass is 10.5. The third-order valence-corrected chi connectivity index (χ3v) is 1.63. The van der Waals surface area contributed by atoms with Gasteiger partial charge < -0.3 is 11.1 Å². The SMILES string of the molecule is Nc1n[nH]c(C(=O)NC2CC2)n1. The summed E-state index contributed by atoms with van der Waals surface area (Å²) in [6.07, 6.45) is 2.10. The molecule has 1 aromatic rings. The molecule has 1 saturated carbocycles. The predicted octanol–water partition coefficient (Wildman–Crippen LogP) is -0.721. The fourth-order valence-electron chi connectivity index (χ4n) is 0.858. The van der Waals surface area contributed by atoms with E-state index < -0.39 is 0 Å². The van der Waals surface area contributed by atoms with Crippen LogP contribution in [0.15, 0.2) is 0 Å². The number of carbonyl (C=O) groups excluding carboxylic acids is 1. The zero-order chi connectivity index (χ0) is 8.55. The summed E-state index contributed by atoms with van der Waals surface area (Å²) in [7, 11) is 0. The van der Waals surface area contributed by atoms with E-state index in [1.807, 2.05) is 0 Å². The largest absolute Gasteiger partial charge is 0.366 e. The lowest BCUT2D eigenvalue weighted by molar-refractivity contribution is 0.0941. The first-order chi connectivity index (χ1) is 5.75. The number of H-pyrrole nitrogens is 1. The summed E-state index contributed by atoms with van der Waals surface area (Å²) in [5.41, 5.74) is 5.23. The molecule has 1 aliphatic rings. The van der Waals surface area contributed by atoms with E-state index in [9.17, 15) is 4.79 Å². The molecule has 1 heterocycles. The molecule has 1 aliphatic carbocycles. The van der Waals surface area contributed by atoms with E-state index in [2.05, 4.69) is 20.5 Å². The van der Waals surface area contributed by atoms with Gasteiger partial charge in [0.1, 0.15) is 0 Å². The van der Waals surface area contributed by atoms with E-state index in [4.69, 9.17) is 5.73 Å². The van der Waals surface area contributed by atoms with Crippen LogP contribution in [-0.2, 0) is 0 Å². The zero-order valence-corrected chi connectivity index (χ0v) is 6.37. The minimum absolute atomic E-state index is 0.0935. The van der Waals surface area contributed by atoms with Crippen LogP contribution in [0.5, 0.6) is 0 Å². The van der Waals surface area contributed by atoms with Crippen molar-refractivity contribution in [2.45, 2.75) is 18.9 Å². The van der Waals surface area contributed by atoms with Crippen LogP contribution in [0.3, 0.4) is 0 Å². The summed E-state index contributed by atoms with van der Waals surface area (Å²) >= 11 is 0. The van der Waals surface area contributed by atoms with Crippen molar-refractivity contribution < 1.29 is 4.79 Å². The minimum Gasteiger partial charge on any atom is -0.366 e. The summed E-state index contributed by atoms with van der Waals surface area (Å²) in [6.45, 7) is 0. The first-order valence-corrected chi connectivity index (χ1v) is 3.74. The molecule has 0 radical (unpaired) electrons. The highest BCUT2D eigenvalue weighted by Crippen LogP contribution is 2.18. The summed E-state index contributed by atoms with van der Waals surface area (Å²) < 4.78 is 0. The second-order valence-electron chi connectivity index (χ2n) is 2.79. The summed E-state index contributed by atoms with van der Waals surface area (Å²) in [4.78, 5) is 14.9. The maximum Gasteiger partial charge on any atom is 0.288 e. The van der Waals surface area contributed by atoms with Gasteiger partial charge in [0.25, 0.3) is 5.91 Å². The molecule has 1 aromatic heterocycles. The second-order valence-corrected chi connectivity index (χ2v) is 2.79. The molecule has 1 fully saturated rings. The first-order valence-electron chi connectivity index (χ1n) is 3.74. The molecule has 2 rings (SSSR count). The molecular weight excluding hydrogens is 158 g/mol. The molecule has 0 aromatic carbocycles. The van der Waals surface area contributed by atoms with Gasteiger partial charge in [-0.25, -0.2) is 0 Å². The van der Waals surface area contributed by atoms with E-state index in [0.717, 1.165) is 12.8 Å². The van der Waals surface area contributed by atoms with E-state index >= 15 is 0 Å². The Kier molecular flexibility index (Phi) is 1.46. The van der Waals surface area contributed by atoms with Gasteiger partial charge in [-0.1, -0.05) is 0 Å². The van der Waals surface area contributed by atoms with Crippen LogP contribution in [0, 0.1) is 0 Å². The van der Waals surface area contributed by atoms with Crippen LogP contribution < -0.4 is 11.1 Å². The van der Waals surface area contributed by atoms with Crippen LogP contribution in [0.1, 0.15) is 23.5 Å². The number of aromatic nitrogens is 3. The van der Waals surface area contributed by atoms with Crippen molar-refractivity contribution in [3.05, 3.63) is 5.82 Å². The van der Waals surface area contributed by atoms with E-state index in [-0.39, 0.29) is 17.7 Å². The molecule has 0 aliphatic heterocycles. The Morgan fingerprint density at radius 2 is 2.42 bits per heavy atom. The van der Waals surface area contributed by atoms with E-state index in [0.29, 0.717) is 6.04 Å². The smallest absolute Gasteiger partial charge is 0.288 e. The number of nitrogen functional groups attached to an aromatic ring is 1. The number of aromatic amines is 1. The Balaban J connectivity index is 2.03. The van der Waals surface area contributed by atoms with Crippen molar-refractivity contribution in [3.8, 4) is 0 Å². The highest BCUT2D eigenvalue weighted by atomic mass is 16.2. The molecule has 0 saturated heterocycles. The zero-order valence-electron chi connectivity index (χ0n) is 6.37. The average Bonchev–Trinajstić information content (AvgIpc) is 2.72. The van der Waals surface area contributed by atoms with Gasteiger partial charge in [0.2, 0.25) is 11.8 Å². The van der Waals surface area contributed by atoms with Gasteiger partial charge >= 0.3 is 0 Å². The molecule has 64 valence electrons. The third kappa shape index (κ3) is 1.36. The standard InChI is InChI=1S/C6H9N5O/c7-6-9-4(10-11-6)5(12)8-3-1-2-3/h3H,1-2H2,(H,8,12)(H3,7,9,10,11).